The third-order valence-corrected chi connectivity index (χ3v) is 4.60. The first kappa shape index (κ1) is 17.4. The molecule has 1 aromatic heterocycles. The maximum absolute atomic E-state index is 12.5. The van der Waals surface area contributed by atoms with Crippen molar-refractivity contribution in [3.63, 3.8) is 0 Å². The van der Waals surface area contributed by atoms with Crippen molar-refractivity contribution in [2.75, 3.05) is 27.2 Å². The van der Waals surface area contributed by atoms with Gasteiger partial charge in [-0.15, -0.1) is 0 Å². The molecule has 25 heavy (non-hydrogen) atoms. The Kier molecular flexibility index (Phi) is 5.34. The molecule has 1 aromatic carbocycles. The Labute approximate surface area is 149 Å². The summed E-state index contributed by atoms with van der Waals surface area (Å²) in [5.74, 6) is 0.451. The summed E-state index contributed by atoms with van der Waals surface area (Å²) in [6.45, 7) is 3.52. The summed E-state index contributed by atoms with van der Waals surface area (Å²) >= 11 is 0. The number of nitrogens with one attached hydrogen (secondary N) is 1. The molecule has 3 rings (SSSR count). The largest absolute Gasteiger partial charge is 0.476 e. The molecule has 5 nitrogen and oxygen atoms in total. The highest BCUT2D eigenvalue weighted by atomic mass is 16.5. The van der Waals surface area contributed by atoms with E-state index in [-0.39, 0.29) is 11.9 Å². The van der Waals surface area contributed by atoms with E-state index in [1.54, 1.807) is 18.3 Å². The van der Waals surface area contributed by atoms with Gasteiger partial charge in [0.1, 0.15) is 6.61 Å². The van der Waals surface area contributed by atoms with Gasteiger partial charge >= 0.3 is 0 Å². The van der Waals surface area contributed by atoms with E-state index in [9.17, 15) is 4.79 Å². The summed E-state index contributed by atoms with van der Waals surface area (Å²) in [4.78, 5) is 18.8. The van der Waals surface area contributed by atoms with E-state index in [0.717, 1.165) is 19.4 Å². The number of aryl methyl sites for hydroxylation is 1. The smallest absolute Gasteiger partial charge is 0.253 e. The van der Waals surface area contributed by atoms with Gasteiger partial charge in [0.25, 0.3) is 5.91 Å². The number of amides is 1. The number of hydrogen-bond donors (Lipinski definition) is 1. The van der Waals surface area contributed by atoms with Crippen molar-refractivity contribution in [1.29, 1.82) is 0 Å². The van der Waals surface area contributed by atoms with E-state index in [1.807, 2.05) is 19.0 Å². The Balaban J connectivity index is 1.60. The predicted octanol–water partition coefficient (Wildman–Crippen LogP) is 2.75. The van der Waals surface area contributed by atoms with E-state index < -0.39 is 0 Å². The van der Waals surface area contributed by atoms with Crippen molar-refractivity contribution in [2.24, 2.45) is 0 Å². The van der Waals surface area contributed by atoms with Crippen LogP contribution in [0.3, 0.4) is 0 Å². The van der Waals surface area contributed by atoms with Gasteiger partial charge in [-0.1, -0.05) is 18.2 Å². The number of carbonyl (C=O) groups excluding carboxylic acids is 1. The van der Waals surface area contributed by atoms with Crippen LogP contribution in [0.25, 0.3) is 0 Å². The molecule has 2 aromatic rings. The van der Waals surface area contributed by atoms with Crippen molar-refractivity contribution in [2.45, 2.75) is 25.8 Å². The van der Waals surface area contributed by atoms with Crippen LogP contribution in [0.1, 0.15) is 39.5 Å². The normalized spacial score (nSPS) is 15.9. The molecule has 1 unspecified atom stereocenters. The number of benzene rings is 1. The average Bonchev–Trinajstić information content (AvgIpc) is 2.99. The van der Waals surface area contributed by atoms with Crippen LogP contribution in [-0.4, -0.2) is 43.0 Å². The van der Waals surface area contributed by atoms with Crippen LogP contribution >= 0.6 is 0 Å². The lowest BCUT2D eigenvalue weighted by atomic mass is 10.0. The molecule has 0 fully saturated rings. The lowest BCUT2D eigenvalue weighted by Gasteiger charge is -2.15. The zero-order valence-corrected chi connectivity index (χ0v) is 15.1. The van der Waals surface area contributed by atoms with Crippen molar-refractivity contribution in [3.05, 3.63) is 58.8 Å². The fourth-order valence-electron chi connectivity index (χ4n) is 3.16. The van der Waals surface area contributed by atoms with Crippen molar-refractivity contribution in [3.8, 4) is 5.88 Å². The van der Waals surface area contributed by atoms with Crippen LogP contribution in [-0.2, 0) is 6.42 Å². The van der Waals surface area contributed by atoms with Gasteiger partial charge < -0.3 is 15.0 Å². The molecule has 1 heterocycles. The molecular weight excluding hydrogens is 314 g/mol. The van der Waals surface area contributed by atoms with Crippen LogP contribution in [0.4, 0.5) is 0 Å². The second kappa shape index (κ2) is 7.66. The molecule has 1 N–H and O–H groups in total. The SMILES string of the molecule is Cc1cccc2c1CCC2NC(=O)c1ccc(OCCN(C)C)nc1. The molecule has 0 saturated carbocycles. The van der Waals surface area contributed by atoms with Crippen LogP contribution in [0.2, 0.25) is 0 Å². The van der Waals surface area contributed by atoms with Crippen LogP contribution in [0, 0.1) is 6.92 Å². The molecule has 0 radical (unpaired) electrons. The fraction of sp³-hybridized carbons (Fsp3) is 0.400. The maximum Gasteiger partial charge on any atom is 0.253 e. The van der Waals surface area contributed by atoms with Gasteiger partial charge in [0.05, 0.1) is 11.6 Å². The number of ether oxygens (including phenoxy) is 1. The number of carbonyl (C=O) groups is 1. The number of fused-ring (bicyclic) bond motifs is 1. The Morgan fingerprint density at radius 3 is 2.88 bits per heavy atom. The van der Waals surface area contributed by atoms with E-state index in [2.05, 4.69) is 35.4 Å². The summed E-state index contributed by atoms with van der Waals surface area (Å²) in [6.07, 6.45) is 3.54. The van der Waals surface area contributed by atoms with Crippen molar-refractivity contribution >= 4 is 5.91 Å². The van der Waals surface area contributed by atoms with Gasteiger partial charge in [-0.25, -0.2) is 4.98 Å². The molecule has 0 aliphatic heterocycles. The molecule has 0 saturated heterocycles. The molecule has 1 aliphatic carbocycles. The molecule has 0 bridgehead atoms. The molecular formula is C20H25N3O2. The fourth-order valence-corrected chi connectivity index (χ4v) is 3.16. The number of likely N-dealkylation sites (N-methyl/N-ethyl adjacent to an activating group) is 1. The molecule has 1 aliphatic rings. The van der Waals surface area contributed by atoms with E-state index in [0.29, 0.717) is 18.1 Å². The minimum atomic E-state index is -0.0910. The highest BCUT2D eigenvalue weighted by Crippen LogP contribution is 2.33. The summed E-state index contributed by atoms with van der Waals surface area (Å²) in [6, 6.07) is 9.89. The Hall–Kier alpha value is -2.40. The van der Waals surface area contributed by atoms with Crippen molar-refractivity contribution < 1.29 is 9.53 Å². The first-order valence-corrected chi connectivity index (χ1v) is 8.67. The lowest BCUT2D eigenvalue weighted by molar-refractivity contribution is 0.0936. The van der Waals surface area contributed by atoms with Gasteiger partial charge in [-0.2, -0.15) is 0 Å². The zero-order valence-electron chi connectivity index (χ0n) is 15.1. The summed E-state index contributed by atoms with van der Waals surface area (Å²) in [5, 5.41) is 3.13. The van der Waals surface area contributed by atoms with Gasteiger partial charge in [0, 0.05) is 18.8 Å². The highest BCUT2D eigenvalue weighted by Gasteiger charge is 2.25. The number of rotatable bonds is 6. The van der Waals surface area contributed by atoms with E-state index in [1.165, 1.54) is 16.7 Å². The van der Waals surface area contributed by atoms with E-state index in [4.69, 9.17) is 4.74 Å². The van der Waals surface area contributed by atoms with Gasteiger partial charge in [0.15, 0.2) is 0 Å². The zero-order chi connectivity index (χ0) is 17.8. The minimum absolute atomic E-state index is 0.0819. The van der Waals surface area contributed by atoms with Gasteiger partial charge in [-0.3, -0.25) is 4.79 Å². The first-order valence-electron chi connectivity index (χ1n) is 8.67. The molecule has 5 heteroatoms. The van der Waals surface area contributed by atoms with E-state index >= 15 is 0 Å². The number of hydrogen-bond acceptors (Lipinski definition) is 4. The monoisotopic (exact) mass is 339 g/mol. The average molecular weight is 339 g/mol. The lowest BCUT2D eigenvalue weighted by Crippen LogP contribution is -2.27. The molecule has 1 atom stereocenters. The Morgan fingerprint density at radius 2 is 2.16 bits per heavy atom. The Bertz CT molecular complexity index is 741. The Morgan fingerprint density at radius 1 is 1.32 bits per heavy atom. The predicted molar refractivity (Wildman–Crippen MR) is 98.0 cm³/mol. The first-order chi connectivity index (χ1) is 12.0. The quantitative estimate of drug-likeness (QED) is 0.879. The van der Waals surface area contributed by atoms with Gasteiger partial charge in [-0.05, 0) is 56.6 Å². The topological polar surface area (TPSA) is 54.5 Å². The molecule has 132 valence electrons. The van der Waals surface area contributed by atoms with Crippen LogP contribution in [0.15, 0.2) is 36.5 Å². The summed E-state index contributed by atoms with van der Waals surface area (Å²) in [7, 11) is 3.99. The second-order valence-corrected chi connectivity index (χ2v) is 6.74. The number of nitrogens with zero attached hydrogens (tertiary/aromatic N) is 2. The third-order valence-electron chi connectivity index (χ3n) is 4.60. The maximum atomic E-state index is 12.5. The number of pyridine rings is 1. The minimum Gasteiger partial charge on any atom is -0.476 e. The van der Waals surface area contributed by atoms with Crippen LogP contribution < -0.4 is 10.1 Å². The van der Waals surface area contributed by atoms with Crippen molar-refractivity contribution in [1.82, 2.24) is 15.2 Å². The second-order valence-electron chi connectivity index (χ2n) is 6.74. The summed E-state index contributed by atoms with van der Waals surface area (Å²) < 4.78 is 5.56. The molecule has 0 spiro atoms. The number of aromatic nitrogens is 1. The standard InChI is InChI=1S/C20H25N3O2/c1-14-5-4-6-17-16(14)8-9-18(17)22-20(24)15-7-10-19(21-13-15)25-12-11-23(2)3/h4-7,10,13,18H,8-9,11-12H2,1-3H3,(H,22,24). The molecule has 1 amide bonds. The van der Waals surface area contributed by atoms with Crippen LogP contribution in [0.5, 0.6) is 5.88 Å². The highest BCUT2D eigenvalue weighted by molar-refractivity contribution is 5.94. The summed E-state index contributed by atoms with van der Waals surface area (Å²) in [5.41, 5.74) is 4.47. The third kappa shape index (κ3) is 4.17. The van der Waals surface area contributed by atoms with Gasteiger partial charge in [0.2, 0.25) is 5.88 Å².